The van der Waals surface area contributed by atoms with E-state index in [9.17, 15) is 0 Å². The quantitative estimate of drug-likeness (QED) is 0.0998. The maximum atomic E-state index is 2.48. The molecule has 0 unspecified atom stereocenters. The molecule has 64 heavy (non-hydrogen) atoms. The molecule has 10 rings (SSSR count). The van der Waals surface area contributed by atoms with E-state index < -0.39 is 16.1 Å². The number of hydrogen-bond acceptors (Lipinski definition) is 2. The first-order valence-electron chi connectivity index (χ1n) is 22.7. The summed E-state index contributed by atoms with van der Waals surface area (Å²) in [5.74, 6) is 0. The first-order chi connectivity index (χ1) is 30.8. The zero-order valence-electron chi connectivity index (χ0n) is 38.4. The fourth-order valence-electron chi connectivity index (χ4n) is 9.90. The lowest BCUT2D eigenvalue weighted by Crippen LogP contribution is -2.39. The first kappa shape index (κ1) is 41.3. The van der Waals surface area contributed by atoms with E-state index in [2.05, 4.69) is 257 Å². The molecule has 0 aromatic heterocycles. The average molecular weight is 861 g/mol. The van der Waals surface area contributed by atoms with Crippen molar-refractivity contribution >= 4 is 93.0 Å². The lowest BCUT2D eigenvalue weighted by Gasteiger charge is -2.31. The second-order valence-electron chi connectivity index (χ2n) is 19.6. The second kappa shape index (κ2) is 16.1. The third-order valence-corrected chi connectivity index (χ3v) is 17.0. The van der Waals surface area contributed by atoms with Gasteiger partial charge in [-0.3, -0.25) is 0 Å². The monoisotopic (exact) mass is 860 g/mol. The lowest BCUT2D eigenvalue weighted by atomic mass is 9.92. The normalized spacial score (nSPS) is 12.1. The minimum atomic E-state index is -1.69. The third kappa shape index (κ3) is 7.51. The molecule has 10 aromatic carbocycles. The van der Waals surface area contributed by atoms with Crippen LogP contribution in [-0.2, 0) is 0 Å². The van der Waals surface area contributed by atoms with Gasteiger partial charge in [-0.2, -0.15) is 0 Å². The van der Waals surface area contributed by atoms with E-state index in [4.69, 9.17) is 0 Å². The molecule has 0 atom stereocenters. The third-order valence-electron chi connectivity index (χ3n) is 13.0. The van der Waals surface area contributed by atoms with E-state index in [1.807, 2.05) is 0 Å². The van der Waals surface area contributed by atoms with Crippen LogP contribution in [0.5, 0.6) is 0 Å². The molecule has 0 radical (unpaired) electrons. The van der Waals surface area contributed by atoms with E-state index in [1.165, 1.54) is 87.4 Å². The minimum absolute atomic E-state index is 1.15. The molecular formula is C60H56N2Si2. The Morgan fingerprint density at radius 2 is 0.609 bits per heavy atom. The molecule has 0 saturated carbocycles. The van der Waals surface area contributed by atoms with Crippen molar-refractivity contribution in [1.82, 2.24) is 0 Å². The van der Waals surface area contributed by atoms with Crippen molar-refractivity contribution in [1.29, 1.82) is 0 Å². The van der Waals surface area contributed by atoms with Crippen molar-refractivity contribution in [2.75, 3.05) is 9.80 Å². The Balaban J connectivity index is 1.15. The Kier molecular flexibility index (Phi) is 10.4. The average Bonchev–Trinajstić information content (AvgIpc) is 3.29. The smallest absolute Gasteiger partial charge is 0.0784 e. The summed E-state index contributed by atoms with van der Waals surface area (Å²) >= 11 is 0. The highest BCUT2D eigenvalue weighted by atomic mass is 28.3. The topological polar surface area (TPSA) is 6.48 Å². The lowest BCUT2D eigenvalue weighted by molar-refractivity contribution is 1.26. The zero-order chi connectivity index (χ0) is 44.3. The predicted octanol–water partition coefficient (Wildman–Crippen LogP) is 16.6. The number of benzene rings is 10. The van der Waals surface area contributed by atoms with Gasteiger partial charge in [-0.15, -0.1) is 0 Å². The summed E-state index contributed by atoms with van der Waals surface area (Å²) in [6, 6.07) is 72.5. The van der Waals surface area contributed by atoms with Gasteiger partial charge in [-0.1, -0.05) is 183 Å². The molecule has 0 saturated heterocycles. The van der Waals surface area contributed by atoms with Crippen molar-refractivity contribution in [2.24, 2.45) is 0 Å². The van der Waals surface area contributed by atoms with E-state index in [-0.39, 0.29) is 0 Å². The summed E-state index contributed by atoms with van der Waals surface area (Å²) in [6.45, 7) is 19.3. The molecule has 0 aliphatic carbocycles. The van der Waals surface area contributed by atoms with Crippen LogP contribution in [0, 0.1) is 13.8 Å². The summed E-state index contributed by atoms with van der Waals surface area (Å²) in [7, 11) is -3.37. The van der Waals surface area contributed by atoms with E-state index in [1.54, 1.807) is 0 Å². The summed E-state index contributed by atoms with van der Waals surface area (Å²) in [5, 5.41) is 10.6. The molecule has 0 heterocycles. The van der Waals surface area contributed by atoms with Crippen LogP contribution in [0.25, 0.3) is 54.6 Å². The molecule has 314 valence electrons. The van der Waals surface area contributed by atoms with Gasteiger partial charge in [0, 0.05) is 34.1 Å². The highest BCUT2D eigenvalue weighted by Gasteiger charge is 2.27. The van der Waals surface area contributed by atoms with Crippen molar-refractivity contribution in [3.63, 3.8) is 0 Å². The number of hydrogen-bond donors (Lipinski definition) is 0. The molecule has 4 heteroatoms. The number of aryl methyl sites for hydroxylation is 2. The SMILES string of the molecule is Cc1cc([Si](C)(C)C)c(-c2ccccc2)cc1N(c1ccccc1)c1cc2ccc3cc(N(c4ccccc4)c4cc(-c5ccccc5)c([Si](C)(C)C)cc4C)cc4ccc(c1)c2c34. The molecular weight excluding hydrogens is 805 g/mol. The minimum Gasteiger partial charge on any atom is -0.310 e. The molecule has 0 N–H and O–H groups in total. The molecule has 0 fully saturated rings. The van der Waals surface area contributed by atoms with Crippen LogP contribution < -0.4 is 20.2 Å². The highest BCUT2D eigenvalue weighted by molar-refractivity contribution is 6.90. The first-order valence-corrected chi connectivity index (χ1v) is 29.7. The fraction of sp³-hybridized carbons (Fsp3) is 0.133. The molecule has 10 aromatic rings. The Hall–Kier alpha value is -6.73. The van der Waals surface area contributed by atoms with E-state index in [0.717, 1.165) is 22.7 Å². The van der Waals surface area contributed by atoms with Crippen LogP contribution in [0.3, 0.4) is 0 Å². The van der Waals surface area contributed by atoms with Gasteiger partial charge in [0.1, 0.15) is 0 Å². The number of anilines is 6. The molecule has 0 aliphatic rings. The largest absolute Gasteiger partial charge is 0.310 e. The van der Waals surface area contributed by atoms with Crippen LogP contribution in [0.2, 0.25) is 39.3 Å². The molecule has 0 aliphatic heterocycles. The molecule has 2 nitrogen and oxygen atoms in total. The Labute approximate surface area is 381 Å². The van der Waals surface area contributed by atoms with Gasteiger partial charge in [0.25, 0.3) is 0 Å². The highest BCUT2D eigenvalue weighted by Crippen LogP contribution is 2.46. The van der Waals surface area contributed by atoms with Gasteiger partial charge in [-0.05, 0) is 140 Å². The van der Waals surface area contributed by atoms with E-state index in [0.29, 0.717) is 0 Å². The van der Waals surface area contributed by atoms with Gasteiger partial charge in [0.2, 0.25) is 0 Å². The van der Waals surface area contributed by atoms with Crippen LogP contribution in [0.4, 0.5) is 34.1 Å². The fourth-order valence-corrected chi connectivity index (χ4v) is 13.2. The Bertz CT molecular complexity index is 3000. The van der Waals surface area contributed by atoms with Gasteiger partial charge in [0.15, 0.2) is 0 Å². The summed E-state index contributed by atoms with van der Waals surface area (Å²) in [6.07, 6.45) is 0. The number of para-hydroxylation sites is 2. The number of nitrogens with zero attached hydrogens (tertiary/aromatic N) is 2. The van der Waals surface area contributed by atoms with Crippen molar-refractivity contribution < 1.29 is 0 Å². The van der Waals surface area contributed by atoms with Gasteiger partial charge in [0.05, 0.1) is 16.1 Å². The van der Waals surface area contributed by atoms with Crippen LogP contribution in [-0.4, -0.2) is 16.1 Å². The predicted molar refractivity (Wildman–Crippen MR) is 286 cm³/mol. The second-order valence-corrected chi connectivity index (χ2v) is 29.7. The zero-order valence-corrected chi connectivity index (χ0v) is 40.4. The van der Waals surface area contributed by atoms with Gasteiger partial charge >= 0.3 is 0 Å². The molecule has 0 spiro atoms. The molecule has 0 amide bonds. The Morgan fingerprint density at radius 1 is 0.312 bits per heavy atom. The molecule has 0 bridgehead atoms. The number of rotatable bonds is 10. The Morgan fingerprint density at radius 3 is 0.906 bits per heavy atom. The van der Waals surface area contributed by atoms with Crippen molar-refractivity contribution in [3.8, 4) is 22.3 Å². The summed E-state index contributed by atoms with van der Waals surface area (Å²) < 4.78 is 0. The van der Waals surface area contributed by atoms with Gasteiger partial charge in [-0.25, -0.2) is 0 Å². The van der Waals surface area contributed by atoms with Crippen LogP contribution >= 0.6 is 0 Å². The van der Waals surface area contributed by atoms with Crippen molar-refractivity contribution in [2.45, 2.75) is 53.1 Å². The standard InChI is InChI=1S/C60H56N2Si2/c1-41-33-57(63(3,4)5)53(43-21-13-9-14-22-43)39-55(41)61(49-25-17-11-18-26-49)51-35-45-29-31-47-37-52(38-48-32-30-46(36-51)59(45)60(47)48)62(50-27-19-12-20-28-50)56-40-54(44-23-15-10-16-24-44)58(34-42(56)2)64(6,7)8/h9-40H,1-8H3. The maximum Gasteiger partial charge on any atom is 0.0784 e. The van der Waals surface area contributed by atoms with E-state index >= 15 is 0 Å². The summed E-state index contributed by atoms with van der Waals surface area (Å²) in [4.78, 5) is 4.94. The van der Waals surface area contributed by atoms with Crippen LogP contribution in [0.1, 0.15) is 11.1 Å². The van der Waals surface area contributed by atoms with Gasteiger partial charge < -0.3 is 9.80 Å². The van der Waals surface area contributed by atoms with Crippen LogP contribution in [0.15, 0.2) is 194 Å². The van der Waals surface area contributed by atoms with Crippen molar-refractivity contribution in [3.05, 3.63) is 205 Å². The maximum absolute atomic E-state index is 2.48. The summed E-state index contributed by atoms with van der Waals surface area (Å²) in [5.41, 5.74) is 14.8.